The van der Waals surface area contributed by atoms with Crippen LogP contribution in [-0.2, 0) is 4.79 Å². The molecule has 1 aromatic heterocycles. The van der Waals surface area contributed by atoms with Crippen molar-refractivity contribution in [3.05, 3.63) is 54.0 Å². The van der Waals surface area contributed by atoms with Gasteiger partial charge in [0.2, 0.25) is 5.91 Å². The molecule has 0 radical (unpaired) electrons. The van der Waals surface area contributed by atoms with Crippen LogP contribution in [0.25, 0.3) is 0 Å². The maximum absolute atomic E-state index is 11.8. The van der Waals surface area contributed by atoms with Crippen molar-refractivity contribution in [2.24, 2.45) is 0 Å². The molecule has 26 heavy (non-hydrogen) atoms. The first-order valence-corrected chi connectivity index (χ1v) is 9.24. The topological polar surface area (TPSA) is 78.4 Å². The van der Waals surface area contributed by atoms with Gasteiger partial charge in [-0.1, -0.05) is 37.3 Å². The van der Waals surface area contributed by atoms with E-state index in [1.54, 1.807) is 6.33 Å². The lowest BCUT2D eigenvalue weighted by atomic mass is 9.93. The molecule has 6 heteroatoms. The molecule has 0 bridgehead atoms. The van der Waals surface area contributed by atoms with E-state index in [0.717, 1.165) is 43.0 Å². The molecule has 0 spiro atoms. The Bertz CT molecular complexity index is 715. The first kappa shape index (κ1) is 18.3. The average molecular weight is 354 g/mol. The summed E-state index contributed by atoms with van der Waals surface area (Å²) in [5.41, 5.74) is 1.88. The number of anilines is 1. The number of hydrogen-bond acceptors (Lipinski definition) is 5. The molecule has 3 rings (SSSR count). The van der Waals surface area contributed by atoms with E-state index in [2.05, 4.69) is 15.3 Å². The van der Waals surface area contributed by atoms with E-state index in [0.29, 0.717) is 18.9 Å². The molecule has 1 amide bonds. The van der Waals surface area contributed by atoms with Crippen LogP contribution >= 0.6 is 0 Å². The summed E-state index contributed by atoms with van der Waals surface area (Å²) in [6.45, 7) is 3.87. The second kappa shape index (κ2) is 8.76. The Morgan fingerprint density at radius 3 is 2.69 bits per heavy atom. The fourth-order valence-corrected chi connectivity index (χ4v) is 3.33. The quantitative estimate of drug-likeness (QED) is 0.834. The number of amides is 1. The minimum Gasteiger partial charge on any atom is -0.387 e. The number of piperidine rings is 1. The fourth-order valence-electron chi connectivity index (χ4n) is 3.33. The number of nitrogens with one attached hydrogen (secondary N) is 1. The molecular weight excluding hydrogens is 328 g/mol. The molecule has 1 aliphatic rings. The third-order valence-electron chi connectivity index (χ3n) is 4.92. The number of hydrogen-bond donors (Lipinski definition) is 2. The number of likely N-dealkylation sites (tertiary alicyclic amines) is 1. The van der Waals surface area contributed by atoms with Gasteiger partial charge in [0.25, 0.3) is 0 Å². The van der Waals surface area contributed by atoms with Crippen LogP contribution in [0, 0.1) is 0 Å². The molecule has 0 saturated carbocycles. The zero-order chi connectivity index (χ0) is 18.4. The Balaban J connectivity index is 1.56. The summed E-state index contributed by atoms with van der Waals surface area (Å²) in [4.78, 5) is 22.4. The Labute approximate surface area is 154 Å². The van der Waals surface area contributed by atoms with Crippen LogP contribution in [0.1, 0.15) is 49.5 Å². The lowest BCUT2D eigenvalue weighted by molar-refractivity contribution is -0.131. The highest BCUT2D eigenvalue weighted by molar-refractivity contribution is 5.75. The smallest absolute Gasteiger partial charge is 0.222 e. The van der Waals surface area contributed by atoms with Gasteiger partial charge in [-0.25, -0.2) is 9.97 Å². The van der Waals surface area contributed by atoms with Gasteiger partial charge in [0, 0.05) is 43.7 Å². The van der Waals surface area contributed by atoms with Crippen LogP contribution < -0.4 is 5.32 Å². The molecule has 6 nitrogen and oxygen atoms in total. The van der Waals surface area contributed by atoms with E-state index in [4.69, 9.17) is 0 Å². The first-order valence-electron chi connectivity index (χ1n) is 9.24. The van der Waals surface area contributed by atoms with E-state index in [-0.39, 0.29) is 5.91 Å². The van der Waals surface area contributed by atoms with Gasteiger partial charge in [0.1, 0.15) is 12.1 Å². The summed E-state index contributed by atoms with van der Waals surface area (Å²) in [5.74, 6) is 1.29. The van der Waals surface area contributed by atoms with Crippen molar-refractivity contribution in [1.82, 2.24) is 14.9 Å². The summed E-state index contributed by atoms with van der Waals surface area (Å²) in [7, 11) is 0. The highest BCUT2D eigenvalue weighted by atomic mass is 16.3. The molecule has 2 aromatic rings. The lowest BCUT2D eigenvalue weighted by Crippen LogP contribution is -2.37. The van der Waals surface area contributed by atoms with Gasteiger partial charge in [-0.05, 0) is 18.4 Å². The van der Waals surface area contributed by atoms with Crippen LogP contribution in [0.15, 0.2) is 42.7 Å². The van der Waals surface area contributed by atoms with Crippen molar-refractivity contribution >= 4 is 11.7 Å². The maximum atomic E-state index is 11.8. The summed E-state index contributed by atoms with van der Waals surface area (Å²) in [5, 5.41) is 13.5. The summed E-state index contributed by atoms with van der Waals surface area (Å²) < 4.78 is 0. The van der Waals surface area contributed by atoms with Crippen LogP contribution in [0.2, 0.25) is 0 Å². The van der Waals surface area contributed by atoms with Gasteiger partial charge in [-0.15, -0.1) is 0 Å². The Morgan fingerprint density at radius 2 is 2.00 bits per heavy atom. The number of carbonyl (C=O) groups excluding carboxylic acids is 1. The lowest BCUT2D eigenvalue weighted by Gasteiger charge is -2.31. The molecule has 1 unspecified atom stereocenters. The van der Waals surface area contributed by atoms with Crippen LogP contribution in [-0.4, -0.2) is 45.5 Å². The number of benzene rings is 1. The molecule has 1 atom stereocenters. The molecule has 2 heterocycles. The van der Waals surface area contributed by atoms with Crippen molar-refractivity contribution < 1.29 is 9.90 Å². The van der Waals surface area contributed by atoms with Crippen molar-refractivity contribution in [1.29, 1.82) is 0 Å². The van der Waals surface area contributed by atoms with Crippen LogP contribution in [0.5, 0.6) is 0 Å². The zero-order valence-corrected chi connectivity index (χ0v) is 15.1. The molecule has 1 saturated heterocycles. The Hall–Kier alpha value is -2.47. The van der Waals surface area contributed by atoms with Crippen LogP contribution in [0.3, 0.4) is 0 Å². The SMILES string of the molecule is CCC(=O)N1CCC(c2cc(NCC(O)c3ccccc3)ncn2)CC1. The second-order valence-corrected chi connectivity index (χ2v) is 6.64. The van der Waals surface area contributed by atoms with E-state index >= 15 is 0 Å². The number of carbonyl (C=O) groups is 1. The fraction of sp³-hybridized carbons (Fsp3) is 0.450. The molecule has 1 aliphatic heterocycles. The second-order valence-electron chi connectivity index (χ2n) is 6.64. The van der Waals surface area contributed by atoms with Gasteiger partial charge >= 0.3 is 0 Å². The minimum absolute atomic E-state index is 0.225. The van der Waals surface area contributed by atoms with Gasteiger partial charge in [-0.2, -0.15) is 0 Å². The monoisotopic (exact) mass is 354 g/mol. The van der Waals surface area contributed by atoms with Crippen LogP contribution in [0.4, 0.5) is 5.82 Å². The Kier molecular flexibility index (Phi) is 6.17. The highest BCUT2D eigenvalue weighted by Crippen LogP contribution is 2.27. The summed E-state index contributed by atoms with van der Waals surface area (Å²) in [6, 6.07) is 11.5. The normalized spacial score (nSPS) is 16.3. The van der Waals surface area contributed by atoms with Crippen molar-refractivity contribution in [3.63, 3.8) is 0 Å². The third kappa shape index (κ3) is 4.58. The number of aliphatic hydroxyl groups excluding tert-OH is 1. The van der Waals surface area contributed by atoms with Gasteiger partial charge < -0.3 is 15.3 Å². The summed E-state index contributed by atoms with van der Waals surface area (Å²) >= 11 is 0. The number of aromatic nitrogens is 2. The highest BCUT2D eigenvalue weighted by Gasteiger charge is 2.24. The maximum Gasteiger partial charge on any atom is 0.222 e. The zero-order valence-electron chi connectivity index (χ0n) is 15.1. The van der Waals surface area contributed by atoms with Crippen molar-refractivity contribution in [2.75, 3.05) is 25.0 Å². The molecule has 1 aromatic carbocycles. The molecule has 1 fully saturated rings. The molecule has 2 N–H and O–H groups in total. The molecule has 138 valence electrons. The van der Waals surface area contributed by atoms with Gasteiger partial charge in [0.15, 0.2) is 0 Å². The van der Waals surface area contributed by atoms with E-state index in [9.17, 15) is 9.90 Å². The van der Waals surface area contributed by atoms with Gasteiger partial charge in [0.05, 0.1) is 6.10 Å². The third-order valence-corrected chi connectivity index (χ3v) is 4.92. The number of rotatable bonds is 6. The summed E-state index contributed by atoms with van der Waals surface area (Å²) in [6.07, 6.45) is 3.40. The molecule has 0 aliphatic carbocycles. The Morgan fingerprint density at radius 1 is 1.27 bits per heavy atom. The average Bonchev–Trinajstić information content (AvgIpc) is 2.72. The predicted octanol–water partition coefficient (Wildman–Crippen LogP) is 2.74. The number of nitrogens with zero attached hydrogens (tertiary/aromatic N) is 3. The van der Waals surface area contributed by atoms with E-state index in [1.165, 1.54) is 0 Å². The standard InChI is InChI=1S/C20H26N4O2/c1-2-20(26)24-10-8-15(9-11-24)17-12-19(23-14-22-17)21-13-18(25)16-6-4-3-5-7-16/h3-7,12,14-15,18,25H,2,8-11,13H2,1H3,(H,21,22,23). The van der Waals surface area contributed by atoms with E-state index < -0.39 is 6.10 Å². The first-order chi connectivity index (χ1) is 12.7. The largest absolute Gasteiger partial charge is 0.387 e. The molecular formula is C20H26N4O2. The van der Waals surface area contributed by atoms with Crippen molar-refractivity contribution in [3.8, 4) is 0 Å². The van der Waals surface area contributed by atoms with Crippen molar-refractivity contribution in [2.45, 2.75) is 38.2 Å². The van der Waals surface area contributed by atoms with Gasteiger partial charge in [-0.3, -0.25) is 4.79 Å². The predicted molar refractivity (Wildman–Crippen MR) is 101 cm³/mol. The van der Waals surface area contributed by atoms with E-state index in [1.807, 2.05) is 48.2 Å². The number of aliphatic hydroxyl groups is 1. The minimum atomic E-state index is -0.585.